The van der Waals surface area contributed by atoms with Gasteiger partial charge in [-0.3, -0.25) is 0 Å². The molecule has 1 aromatic carbocycles. The first-order chi connectivity index (χ1) is 7.79. The highest BCUT2D eigenvalue weighted by atomic mass is 79.9. The molecule has 0 aliphatic carbocycles. The van der Waals surface area contributed by atoms with Crippen LogP contribution in [0.15, 0.2) is 34.8 Å². The Labute approximate surface area is 114 Å². The molecular weight excluding hydrogens is 328 g/mol. The van der Waals surface area contributed by atoms with Crippen LogP contribution in [0.3, 0.4) is 0 Å². The molecule has 0 spiro atoms. The summed E-state index contributed by atoms with van der Waals surface area (Å²) in [6, 6.07) is 5.14. The summed E-state index contributed by atoms with van der Waals surface area (Å²) in [4.78, 5) is 0. The minimum atomic E-state index is -3.58. The van der Waals surface area contributed by atoms with Crippen LogP contribution in [0.5, 0.6) is 5.75 Å². The molecule has 17 heavy (non-hydrogen) atoms. The monoisotopic (exact) mass is 338 g/mol. The third kappa shape index (κ3) is 5.10. The van der Waals surface area contributed by atoms with Gasteiger partial charge in [0.25, 0.3) is 0 Å². The van der Waals surface area contributed by atoms with E-state index < -0.39 is 9.05 Å². The quantitative estimate of drug-likeness (QED) is 0.609. The number of ether oxygens (including phenoxy) is 1. The fraction of sp³-hybridized carbons (Fsp3) is 0.273. The number of halogens is 2. The molecule has 0 saturated carbocycles. The van der Waals surface area contributed by atoms with Gasteiger partial charge in [-0.2, -0.15) is 0 Å². The normalized spacial score (nSPS) is 11.2. The SMILES string of the molecule is C=C(C)COc1cccc(CS(=O)(=O)Cl)c1Br. The number of hydrogen-bond acceptors (Lipinski definition) is 3. The van der Waals surface area contributed by atoms with Gasteiger partial charge in [-0.1, -0.05) is 18.7 Å². The summed E-state index contributed by atoms with van der Waals surface area (Å²) in [6.07, 6.45) is 0. The van der Waals surface area contributed by atoms with E-state index in [0.29, 0.717) is 22.4 Å². The second-order valence-corrected chi connectivity index (χ2v) is 7.23. The van der Waals surface area contributed by atoms with Crippen molar-refractivity contribution in [1.29, 1.82) is 0 Å². The molecule has 1 rings (SSSR count). The van der Waals surface area contributed by atoms with Gasteiger partial charge in [0.2, 0.25) is 9.05 Å². The zero-order chi connectivity index (χ0) is 13.1. The lowest BCUT2D eigenvalue weighted by atomic mass is 10.2. The predicted molar refractivity (Wildman–Crippen MR) is 72.9 cm³/mol. The minimum Gasteiger partial charge on any atom is -0.488 e. The molecule has 0 unspecified atom stereocenters. The third-order valence-electron chi connectivity index (χ3n) is 1.85. The van der Waals surface area contributed by atoms with Crippen molar-refractivity contribution in [3.05, 3.63) is 40.4 Å². The van der Waals surface area contributed by atoms with Crippen LogP contribution >= 0.6 is 26.6 Å². The predicted octanol–water partition coefficient (Wildman–Crippen LogP) is 3.47. The molecular formula is C11H12BrClO3S. The van der Waals surface area contributed by atoms with Gasteiger partial charge in [-0.25, -0.2) is 8.42 Å². The van der Waals surface area contributed by atoms with Crippen molar-refractivity contribution in [3.63, 3.8) is 0 Å². The molecule has 3 nitrogen and oxygen atoms in total. The highest BCUT2D eigenvalue weighted by molar-refractivity contribution is 9.10. The Morgan fingerprint density at radius 2 is 2.18 bits per heavy atom. The van der Waals surface area contributed by atoms with Crippen LogP contribution in [-0.2, 0) is 14.8 Å². The van der Waals surface area contributed by atoms with E-state index >= 15 is 0 Å². The van der Waals surface area contributed by atoms with Crippen LogP contribution in [0.1, 0.15) is 12.5 Å². The second kappa shape index (κ2) is 5.89. The van der Waals surface area contributed by atoms with Crippen molar-refractivity contribution >= 4 is 35.7 Å². The standard InChI is InChI=1S/C11H12BrClO3S/c1-8(2)6-16-10-5-3-4-9(11(10)12)7-17(13,14)15/h3-5H,1,6-7H2,2H3. The molecule has 0 aromatic heterocycles. The Kier molecular flexibility index (Phi) is 5.04. The van der Waals surface area contributed by atoms with E-state index in [1.54, 1.807) is 18.2 Å². The Hall–Kier alpha value is -0.520. The van der Waals surface area contributed by atoms with Crippen molar-refractivity contribution in [2.24, 2.45) is 0 Å². The van der Waals surface area contributed by atoms with Crippen molar-refractivity contribution < 1.29 is 13.2 Å². The first-order valence-corrected chi connectivity index (χ1v) is 8.03. The van der Waals surface area contributed by atoms with E-state index in [1.165, 1.54) is 0 Å². The second-order valence-electron chi connectivity index (χ2n) is 3.66. The molecule has 0 bridgehead atoms. The van der Waals surface area contributed by atoms with E-state index in [9.17, 15) is 8.42 Å². The van der Waals surface area contributed by atoms with E-state index in [1.807, 2.05) is 6.92 Å². The molecule has 94 valence electrons. The first-order valence-electron chi connectivity index (χ1n) is 4.76. The zero-order valence-corrected chi connectivity index (χ0v) is 12.4. The Morgan fingerprint density at radius 1 is 1.53 bits per heavy atom. The average molecular weight is 340 g/mol. The van der Waals surface area contributed by atoms with Crippen molar-refractivity contribution in [1.82, 2.24) is 0 Å². The minimum absolute atomic E-state index is 0.237. The van der Waals surface area contributed by atoms with E-state index in [-0.39, 0.29) is 5.75 Å². The van der Waals surface area contributed by atoms with Gasteiger partial charge in [0.1, 0.15) is 12.4 Å². The van der Waals surface area contributed by atoms with Crippen molar-refractivity contribution in [2.75, 3.05) is 6.61 Å². The number of benzene rings is 1. The lowest BCUT2D eigenvalue weighted by molar-refractivity contribution is 0.350. The fourth-order valence-corrected chi connectivity index (χ4v) is 2.84. The largest absolute Gasteiger partial charge is 0.488 e. The Balaban J connectivity index is 2.95. The topological polar surface area (TPSA) is 43.4 Å². The highest BCUT2D eigenvalue weighted by Crippen LogP contribution is 2.30. The zero-order valence-electron chi connectivity index (χ0n) is 9.24. The molecule has 0 N–H and O–H groups in total. The molecule has 0 aliphatic heterocycles. The fourth-order valence-electron chi connectivity index (χ4n) is 1.17. The molecule has 0 aliphatic rings. The van der Waals surface area contributed by atoms with Crippen molar-refractivity contribution in [2.45, 2.75) is 12.7 Å². The molecule has 0 fully saturated rings. The molecule has 6 heteroatoms. The maximum Gasteiger partial charge on any atom is 0.236 e. The van der Waals surface area contributed by atoms with Gasteiger partial charge in [0, 0.05) is 10.7 Å². The van der Waals surface area contributed by atoms with Crippen LogP contribution < -0.4 is 4.74 Å². The summed E-state index contributed by atoms with van der Waals surface area (Å²) in [5, 5.41) is 0. The van der Waals surface area contributed by atoms with Gasteiger partial charge in [-0.15, -0.1) is 0 Å². The summed E-state index contributed by atoms with van der Waals surface area (Å²) in [6.45, 7) is 5.96. The summed E-state index contributed by atoms with van der Waals surface area (Å²) in [5.41, 5.74) is 1.45. The lowest BCUT2D eigenvalue weighted by Crippen LogP contribution is -2.01. The van der Waals surface area contributed by atoms with Crippen LogP contribution in [0.25, 0.3) is 0 Å². The van der Waals surface area contributed by atoms with Gasteiger partial charge in [0.15, 0.2) is 0 Å². The van der Waals surface area contributed by atoms with Gasteiger partial charge in [-0.05, 0) is 40.1 Å². The summed E-state index contributed by atoms with van der Waals surface area (Å²) in [5.74, 6) is 0.338. The summed E-state index contributed by atoms with van der Waals surface area (Å²) < 4.78 is 28.1. The van der Waals surface area contributed by atoms with Crippen LogP contribution in [0.4, 0.5) is 0 Å². The highest BCUT2D eigenvalue weighted by Gasteiger charge is 2.13. The van der Waals surface area contributed by atoms with Crippen LogP contribution in [0.2, 0.25) is 0 Å². The van der Waals surface area contributed by atoms with E-state index in [4.69, 9.17) is 15.4 Å². The average Bonchev–Trinajstić information content (AvgIpc) is 2.17. The van der Waals surface area contributed by atoms with Crippen LogP contribution in [0, 0.1) is 0 Å². The smallest absolute Gasteiger partial charge is 0.236 e. The van der Waals surface area contributed by atoms with E-state index in [0.717, 1.165) is 5.57 Å². The van der Waals surface area contributed by atoms with Crippen LogP contribution in [-0.4, -0.2) is 15.0 Å². The summed E-state index contributed by atoms with van der Waals surface area (Å²) in [7, 11) is 1.64. The lowest BCUT2D eigenvalue weighted by Gasteiger charge is -2.10. The maximum absolute atomic E-state index is 11.0. The first kappa shape index (κ1) is 14.5. The van der Waals surface area contributed by atoms with Crippen molar-refractivity contribution in [3.8, 4) is 5.75 Å². The molecule has 0 heterocycles. The number of rotatable bonds is 5. The molecule has 0 amide bonds. The molecule has 0 saturated heterocycles. The molecule has 1 aromatic rings. The van der Waals surface area contributed by atoms with E-state index in [2.05, 4.69) is 22.5 Å². The Bertz CT molecular complexity index is 526. The molecule has 0 radical (unpaired) electrons. The Morgan fingerprint density at radius 3 is 2.71 bits per heavy atom. The maximum atomic E-state index is 11.0. The summed E-state index contributed by atoms with van der Waals surface area (Å²) >= 11 is 3.31. The number of hydrogen-bond donors (Lipinski definition) is 0. The molecule has 0 atom stereocenters. The third-order valence-corrected chi connectivity index (χ3v) is 3.73. The van der Waals surface area contributed by atoms with Gasteiger partial charge in [0.05, 0.1) is 10.2 Å². The van der Waals surface area contributed by atoms with Gasteiger partial charge >= 0.3 is 0 Å². The van der Waals surface area contributed by atoms with Gasteiger partial charge < -0.3 is 4.74 Å².